The summed E-state index contributed by atoms with van der Waals surface area (Å²) in [6.45, 7) is 7.06. The summed E-state index contributed by atoms with van der Waals surface area (Å²) >= 11 is 0. The summed E-state index contributed by atoms with van der Waals surface area (Å²) in [5.41, 5.74) is 3.57. The van der Waals surface area contributed by atoms with Gasteiger partial charge in [-0.25, -0.2) is 9.69 Å². The Morgan fingerprint density at radius 1 is 1.14 bits per heavy atom. The Kier molecular flexibility index (Phi) is 5.29. The summed E-state index contributed by atoms with van der Waals surface area (Å²) < 4.78 is 4.82. The van der Waals surface area contributed by atoms with Crippen LogP contribution in [0.5, 0.6) is 0 Å². The molecule has 0 bridgehead atoms. The van der Waals surface area contributed by atoms with Crippen molar-refractivity contribution in [1.29, 1.82) is 0 Å². The van der Waals surface area contributed by atoms with Crippen LogP contribution in [0.25, 0.3) is 0 Å². The molecule has 0 saturated carbocycles. The topological polar surface area (TPSA) is 85.4 Å². The van der Waals surface area contributed by atoms with Gasteiger partial charge in [0.15, 0.2) is 6.23 Å². The third-order valence-electron chi connectivity index (χ3n) is 5.57. The number of benzene rings is 1. The third-order valence-corrected chi connectivity index (χ3v) is 5.57. The standard InChI is InChI=1S/C21H26N4O4/c1-14-11-15(2)19(22-12-14)23-7-9-24(10-8-23)20(27)16-3-5-17(6-4-16)25-18(26)13-29-21(25)28/h3-6,11-12,18-19,22,26H,7-10,13H2,1-2H3/t18-,19?/m1/s1. The Balaban J connectivity index is 1.36. The molecule has 1 aromatic carbocycles. The normalized spacial score (nSPS) is 25.3. The van der Waals surface area contributed by atoms with Crippen molar-refractivity contribution in [2.75, 3.05) is 37.7 Å². The van der Waals surface area contributed by atoms with Crippen molar-refractivity contribution in [2.45, 2.75) is 26.2 Å². The number of rotatable bonds is 3. The van der Waals surface area contributed by atoms with Crippen LogP contribution in [0.3, 0.4) is 0 Å². The van der Waals surface area contributed by atoms with Gasteiger partial charge in [0.05, 0.1) is 0 Å². The maximum Gasteiger partial charge on any atom is 0.416 e. The summed E-state index contributed by atoms with van der Waals surface area (Å²) in [5, 5.41) is 13.3. The van der Waals surface area contributed by atoms with Gasteiger partial charge in [0, 0.05) is 43.6 Å². The lowest BCUT2D eigenvalue weighted by molar-refractivity contribution is 0.0579. The summed E-state index contributed by atoms with van der Waals surface area (Å²) in [4.78, 5) is 30.0. The molecule has 8 nitrogen and oxygen atoms in total. The van der Waals surface area contributed by atoms with Crippen LogP contribution in [0.4, 0.5) is 10.5 Å². The number of nitrogens with one attached hydrogen (secondary N) is 1. The molecule has 2 fully saturated rings. The van der Waals surface area contributed by atoms with Crippen LogP contribution in [0.1, 0.15) is 24.2 Å². The van der Waals surface area contributed by atoms with Gasteiger partial charge in [0.2, 0.25) is 0 Å². The minimum absolute atomic E-state index is 0.0274. The fourth-order valence-electron chi connectivity index (χ4n) is 4.03. The number of allylic oxidation sites excluding steroid dienone is 2. The van der Waals surface area contributed by atoms with Gasteiger partial charge in [-0.3, -0.25) is 9.69 Å². The van der Waals surface area contributed by atoms with Crippen LogP contribution in [0.15, 0.2) is 47.7 Å². The van der Waals surface area contributed by atoms with Crippen molar-refractivity contribution >= 4 is 17.7 Å². The second-order valence-corrected chi connectivity index (χ2v) is 7.65. The zero-order valence-electron chi connectivity index (χ0n) is 16.7. The van der Waals surface area contributed by atoms with E-state index in [2.05, 4.69) is 30.1 Å². The molecule has 0 aromatic heterocycles. The SMILES string of the molecule is CC1=CNC(N2CCN(C(=O)c3ccc(N4C(=O)OC[C@H]4O)cc3)CC2)C(C)=C1. The Morgan fingerprint density at radius 2 is 1.83 bits per heavy atom. The number of ether oxygens (including phenoxy) is 1. The maximum absolute atomic E-state index is 12.9. The zero-order chi connectivity index (χ0) is 20.5. The van der Waals surface area contributed by atoms with Crippen molar-refractivity contribution in [3.63, 3.8) is 0 Å². The molecule has 1 aromatic rings. The van der Waals surface area contributed by atoms with Crippen molar-refractivity contribution in [1.82, 2.24) is 15.1 Å². The van der Waals surface area contributed by atoms with Gasteiger partial charge in [0.25, 0.3) is 5.91 Å². The number of piperazine rings is 1. The van der Waals surface area contributed by atoms with E-state index in [0.717, 1.165) is 13.1 Å². The predicted octanol–water partition coefficient (Wildman–Crippen LogP) is 1.50. The number of hydrogen-bond acceptors (Lipinski definition) is 6. The molecule has 29 heavy (non-hydrogen) atoms. The van der Waals surface area contributed by atoms with Crippen LogP contribution in [0.2, 0.25) is 0 Å². The lowest BCUT2D eigenvalue weighted by atomic mass is 10.1. The first-order valence-electron chi connectivity index (χ1n) is 9.82. The van der Waals surface area contributed by atoms with Crippen molar-refractivity contribution < 1.29 is 19.4 Å². The molecule has 1 unspecified atom stereocenters. The second kappa shape index (κ2) is 7.88. The summed E-state index contributed by atoms with van der Waals surface area (Å²) in [5.74, 6) is -0.0274. The van der Waals surface area contributed by atoms with E-state index < -0.39 is 12.3 Å². The first-order chi connectivity index (χ1) is 13.9. The Labute approximate surface area is 170 Å². The molecule has 3 aliphatic rings. The molecule has 3 aliphatic heterocycles. The number of cyclic esters (lactones) is 1. The average Bonchev–Trinajstić information content (AvgIpc) is 3.06. The molecule has 0 spiro atoms. The molecule has 2 atom stereocenters. The fourth-order valence-corrected chi connectivity index (χ4v) is 4.03. The van der Waals surface area contributed by atoms with Crippen LogP contribution in [-0.2, 0) is 4.74 Å². The lowest BCUT2D eigenvalue weighted by Gasteiger charge is -2.40. The number of aliphatic hydroxyl groups excluding tert-OH is 1. The molecule has 2 N–H and O–H groups in total. The van der Waals surface area contributed by atoms with E-state index in [1.165, 1.54) is 16.0 Å². The number of carbonyl (C=O) groups excluding carboxylic acids is 2. The summed E-state index contributed by atoms with van der Waals surface area (Å²) in [6.07, 6.45) is 2.82. The van der Waals surface area contributed by atoms with Gasteiger partial charge in [-0.1, -0.05) is 6.08 Å². The first kappa shape index (κ1) is 19.5. The number of carbonyl (C=O) groups is 2. The number of dihydropyridines is 1. The summed E-state index contributed by atoms with van der Waals surface area (Å²) in [7, 11) is 0. The number of nitrogens with zero attached hydrogens (tertiary/aromatic N) is 3. The highest BCUT2D eigenvalue weighted by molar-refractivity contribution is 5.96. The summed E-state index contributed by atoms with van der Waals surface area (Å²) in [6, 6.07) is 6.69. The molecule has 3 heterocycles. The van der Waals surface area contributed by atoms with Crippen LogP contribution < -0.4 is 10.2 Å². The lowest BCUT2D eigenvalue weighted by Crippen LogP contribution is -2.55. The number of anilines is 1. The van der Waals surface area contributed by atoms with Gasteiger partial charge in [-0.05, 0) is 49.3 Å². The fraction of sp³-hybridized carbons (Fsp3) is 0.429. The van der Waals surface area contributed by atoms with E-state index in [-0.39, 0.29) is 18.7 Å². The first-order valence-corrected chi connectivity index (χ1v) is 9.82. The molecular formula is C21H26N4O4. The number of aliphatic hydroxyl groups is 1. The van der Waals surface area contributed by atoms with E-state index in [0.29, 0.717) is 24.3 Å². The van der Waals surface area contributed by atoms with E-state index in [4.69, 9.17) is 4.74 Å². The predicted molar refractivity (Wildman–Crippen MR) is 108 cm³/mol. The van der Waals surface area contributed by atoms with Crippen LogP contribution in [0, 0.1) is 0 Å². The van der Waals surface area contributed by atoms with Crippen LogP contribution in [-0.4, -0.2) is 72.1 Å². The Bertz CT molecular complexity index is 856. The molecule has 2 amide bonds. The molecule has 0 radical (unpaired) electrons. The van der Waals surface area contributed by atoms with Gasteiger partial charge in [-0.15, -0.1) is 0 Å². The highest BCUT2D eigenvalue weighted by Crippen LogP contribution is 2.23. The smallest absolute Gasteiger partial charge is 0.416 e. The van der Waals surface area contributed by atoms with Crippen molar-refractivity contribution in [2.24, 2.45) is 0 Å². The Morgan fingerprint density at radius 3 is 2.41 bits per heavy atom. The highest BCUT2D eigenvalue weighted by atomic mass is 16.6. The van der Waals surface area contributed by atoms with E-state index in [9.17, 15) is 14.7 Å². The third kappa shape index (κ3) is 3.86. The highest BCUT2D eigenvalue weighted by Gasteiger charge is 2.33. The molecule has 2 saturated heterocycles. The van der Waals surface area contributed by atoms with Gasteiger partial charge >= 0.3 is 6.09 Å². The van der Waals surface area contributed by atoms with E-state index >= 15 is 0 Å². The quantitative estimate of drug-likeness (QED) is 0.803. The van der Waals surface area contributed by atoms with E-state index in [1.54, 1.807) is 24.3 Å². The molecule has 154 valence electrons. The molecule has 4 rings (SSSR count). The molecule has 8 heteroatoms. The van der Waals surface area contributed by atoms with Crippen molar-refractivity contribution in [3.05, 3.63) is 53.3 Å². The van der Waals surface area contributed by atoms with Gasteiger partial charge in [-0.2, -0.15) is 0 Å². The van der Waals surface area contributed by atoms with Crippen molar-refractivity contribution in [3.8, 4) is 0 Å². The minimum atomic E-state index is -0.998. The largest absolute Gasteiger partial charge is 0.444 e. The minimum Gasteiger partial charge on any atom is -0.444 e. The number of hydrogen-bond donors (Lipinski definition) is 2. The Hall–Kier alpha value is -2.84. The van der Waals surface area contributed by atoms with Gasteiger partial charge in [0.1, 0.15) is 12.8 Å². The molecule has 0 aliphatic carbocycles. The number of amides is 2. The molecular weight excluding hydrogens is 372 g/mol. The van der Waals surface area contributed by atoms with E-state index in [1.807, 2.05) is 11.1 Å². The zero-order valence-corrected chi connectivity index (χ0v) is 16.7. The van der Waals surface area contributed by atoms with Crippen LogP contribution >= 0.6 is 0 Å². The monoisotopic (exact) mass is 398 g/mol. The maximum atomic E-state index is 12.9. The average molecular weight is 398 g/mol. The van der Waals surface area contributed by atoms with Gasteiger partial charge < -0.3 is 20.1 Å². The second-order valence-electron chi connectivity index (χ2n) is 7.65.